The van der Waals surface area contributed by atoms with Gasteiger partial charge in [-0.25, -0.2) is 4.79 Å². The molecule has 124 valence electrons. The Bertz CT molecular complexity index is 722. The number of carbonyl (C=O) groups is 5. The number of nitrogens with zero attached hydrogens (tertiary/aromatic N) is 2. The van der Waals surface area contributed by atoms with Crippen LogP contribution in [0.1, 0.15) is 33.6 Å². The Labute approximate surface area is 135 Å². The number of β-amino-alcohol motifs (C(OH)–C–C–N with tert-alkyl or cyclic N) is 1. The van der Waals surface area contributed by atoms with Crippen LogP contribution < -0.4 is 0 Å². The Kier molecular flexibility index (Phi) is 3.86. The van der Waals surface area contributed by atoms with Gasteiger partial charge in [0.1, 0.15) is 0 Å². The number of imide groups is 2. The molecule has 0 radical (unpaired) electrons. The molecule has 1 atom stereocenters. The fourth-order valence-electron chi connectivity index (χ4n) is 2.46. The van der Waals surface area contributed by atoms with Crippen LogP contribution in [-0.4, -0.2) is 57.3 Å². The zero-order chi connectivity index (χ0) is 17.4. The number of aliphatic hydroxyl groups is 1. The lowest BCUT2D eigenvalue weighted by atomic mass is 10.1. The molecule has 0 aliphatic carbocycles. The lowest BCUT2D eigenvalue weighted by Gasteiger charge is -2.19. The maximum atomic E-state index is 12.1. The molecule has 2 heterocycles. The molecule has 24 heavy (non-hydrogen) atoms. The number of amides is 4. The second-order valence-corrected chi connectivity index (χ2v) is 5.27. The van der Waals surface area contributed by atoms with Gasteiger partial charge in [0, 0.05) is 12.8 Å². The standard InChI is InChI=1S/C15H12N2O7/c18-10(15(23)24-17-11(19)5-6-12(17)20)7-16-13(21)8-3-1-2-4-9(8)14(16)22/h1-4,10,18H,5-7H2. The van der Waals surface area contributed by atoms with Gasteiger partial charge >= 0.3 is 5.97 Å². The summed E-state index contributed by atoms with van der Waals surface area (Å²) in [5.41, 5.74) is 0.348. The lowest BCUT2D eigenvalue weighted by molar-refractivity contribution is -0.203. The molecule has 1 unspecified atom stereocenters. The minimum atomic E-state index is -1.88. The molecule has 0 saturated carbocycles. The molecule has 4 amide bonds. The summed E-state index contributed by atoms with van der Waals surface area (Å²) >= 11 is 0. The van der Waals surface area contributed by atoms with E-state index < -0.39 is 42.2 Å². The van der Waals surface area contributed by atoms with Crippen LogP contribution in [0.3, 0.4) is 0 Å². The van der Waals surface area contributed by atoms with E-state index in [1.54, 1.807) is 12.1 Å². The predicted molar refractivity (Wildman–Crippen MR) is 75.0 cm³/mol. The third kappa shape index (κ3) is 2.54. The van der Waals surface area contributed by atoms with Crippen molar-refractivity contribution in [1.29, 1.82) is 0 Å². The van der Waals surface area contributed by atoms with E-state index in [4.69, 9.17) is 0 Å². The minimum absolute atomic E-state index is 0.0827. The molecule has 1 aromatic carbocycles. The van der Waals surface area contributed by atoms with Crippen molar-refractivity contribution in [1.82, 2.24) is 9.96 Å². The first-order valence-corrected chi connectivity index (χ1v) is 7.11. The van der Waals surface area contributed by atoms with Gasteiger partial charge in [-0.3, -0.25) is 24.1 Å². The van der Waals surface area contributed by atoms with Gasteiger partial charge in [-0.2, -0.15) is 0 Å². The number of benzene rings is 1. The van der Waals surface area contributed by atoms with Crippen molar-refractivity contribution < 1.29 is 33.9 Å². The molecular formula is C15H12N2O7. The first kappa shape index (κ1) is 15.8. The van der Waals surface area contributed by atoms with E-state index in [1.807, 2.05) is 0 Å². The molecular weight excluding hydrogens is 320 g/mol. The van der Waals surface area contributed by atoms with Gasteiger partial charge in [-0.05, 0) is 12.1 Å². The number of hydroxylamine groups is 2. The average molecular weight is 332 g/mol. The van der Waals surface area contributed by atoms with Crippen molar-refractivity contribution in [3.8, 4) is 0 Å². The number of rotatable bonds is 4. The van der Waals surface area contributed by atoms with E-state index in [-0.39, 0.29) is 29.0 Å². The van der Waals surface area contributed by atoms with Crippen LogP contribution in [0, 0.1) is 0 Å². The maximum absolute atomic E-state index is 12.1. The van der Waals surface area contributed by atoms with Crippen molar-refractivity contribution >= 4 is 29.6 Å². The monoisotopic (exact) mass is 332 g/mol. The van der Waals surface area contributed by atoms with Gasteiger partial charge < -0.3 is 9.94 Å². The quantitative estimate of drug-likeness (QED) is 0.720. The molecule has 9 nitrogen and oxygen atoms in total. The molecule has 9 heteroatoms. The van der Waals surface area contributed by atoms with Gasteiger partial charge in [0.2, 0.25) is 0 Å². The van der Waals surface area contributed by atoms with Crippen LogP contribution in [-0.2, 0) is 19.2 Å². The second-order valence-electron chi connectivity index (χ2n) is 5.27. The third-order valence-electron chi connectivity index (χ3n) is 3.69. The zero-order valence-electron chi connectivity index (χ0n) is 12.3. The topological polar surface area (TPSA) is 121 Å². The highest BCUT2D eigenvalue weighted by Crippen LogP contribution is 2.22. The molecule has 3 rings (SSSR count). The maximum Gasteiger partial charge on any atom is 0.363 e. The zero-order valence-corrected chi connectivity index (χ0v) is 12.3. The highest BCUT2D eigenvalue weighted by atomic mass is 16.7. The van der Waals surface area contributed by atoms with E-state index in [2.05, 4.69) is 4.84 Å². The van der Waals surface area contributed by atoms with E-state index in [0.29, 0.717) is 4.90 Å². The molecule has 1 fully saturated rings. The molecule has 2 aliphatic rings. The number of carbonyl (C=O) groups excluding carboxylic acids is 5. The number of fused-ring (bicyclic) bond motifs is 1. The van der Waals surface area contributed by atoms with Gasteiger partial charge in [0.25, 0.3) is 23.6 Å². The van der Waals surface area contributed by atoms with Crippen LogP contribution in [0.2, 0.25) is 0 Å². The summed E-state index contributed by atoms with van der Waals surface area (Å²) < 4.78 is 0. The summed E-state index contributed by atoms with van der Waals surface area (Å²) in [6, 6.07) is 6.09. The van der Waals surface area contributed by atoms with Crippen molar-refractivity contribution in [3.63, 3.8) is 0 Å². The Morgan fingerprint density at radius 2 is 1.54 bits per heavy atom. The average Bonchev–Trinajstić information content (AvgIpc) is 3.01. The Hall–Kier alpha value is -3.07. The second kappa shape index (κ2) is 5.85. The first-order valence-electron chi connectivity index (χ1n) is 7.11. The van der Waals surface area contributed by atoms with Gasteiger partial charge in [0.15, 0.2) is 6.10 Å². The van der Waals surface area contributed by atoms with E-state index >= 15 is 0 Å². The summed E-state index contributed by atoms with van der Waals surface area (Å²) in [6.07, 6.45) is -2.05. The molecule has 1 aromatic rings. The van der Waals surface area contributed by atoms with Crippen molar-refractivity contribution in [2.45, 2.75) is 18.9 Å². The molecule has 0 spiro atoms. The van der Waals surface area contributed by atoms with Crippen LogP contribution in [0.5, 0.6) is 0 Å². The Balaban J connectivity index is 1.67. The highest BCUT2D eigenvalue weighted by molar-refractivity contribution is 6.21. The normalized spacial score (nSPS) is 18.2. The van der Waals surface area contributed by atoms with Crippen LogP contribution in [0.25, 0.3) is 0 Å². The molecule has 0 bridgehead atoms. The SMILES string of the molecule is O=C(ON1C(=O)CCC1=O)C(O)CN1C(=O)c2ccccc2C1=O. The van der Waals surface area contributed by atoms with E-state index in [0.717, 1.165) is 0 Å². The minimum Gasteiger partial charge on any atom is -0.380 e. The van der Waals surface area contributed by atoms with Gasteiger partial charge in [0.05, 0.1) is 17.7 Å². The molecule has 0 aromatic heterocycles. The predicted octanol–water partition coefficient (Wildman–Crippen LogP) is -0.749. The summed E-state index contributed by atoms with van der Waals surface area (Å²) in [5.74, 6) is -3.97. The highest BCUT2D eigenvalue weighted by Gasteiger charge is 2.39. The fourth-order valence-corrected chi connectivity index (χ4v) is 2.46. The number of hydrogen-bond donors (Lipinski definition) is 1. The van der Waals surface area contributed by atoms with Gasteiger partial charge in [-0.1, -0.05) is 12.1 Å². The largest absolute Gasteiger partial charge is 0.380 e. The number of hydrogen-bond acceptors (Lipinski definition) is 7. The molecule has 1 saturated heterocycles. The van der Waals surface area contributed by atoms with Crippen LogP contribution in [0.15, 0.2) is 24.3 Å². The van der Waals surface area contributed by atoms with Crippen molar-refractivity contribution in [2.24, 2.45) is 0 Å². The van der Waals surface area contributed by atoms with E-state index in [9.17, 15) is 29.1 Å². The summed E-state index contributed by atoms with van der Waals surface area (Å²) in [4.78, 5) is 64.1. The fraction of sp³-hybridized carbons (Fsp3) is 0.267. The molecule has 1 N–H and O–H groups in total. The first-order chi connectivity index (χ1) is 11.4. The van der Waals surface area contributed by atoms with Crippen LogP contribution >= 0.6 is 0 Å². The van der Waals surface area contributed by atoms with Crippen molar-refractivity contribution in [3.05, 3.63) is 35.4 Å². The molecule has 2 aliphatic heterocycles. The van der Waals surface area contributed by atoms with Crippen LogP contribution in [0.4, 0.5) is 0 Å². The third-order valence-corrected chi connectivity index (χ3v) is 3.69. The number of aliphatic hydroxyl groups excluding tert-OH is 1. The Morgan fingerprint density at radius 1 is 1.04 bits per heavy atom. The Morgan fingerprint density at radius 3 is 2.04 bits per heavy atom. The van der Waals surface area contributed by atoms with Crippen molar-refractivity contribution in [2.75, 3.05) is 6.54 Å². The lowest BCUT2D eigenvalue weighted by Crippen LogP contribution is -2.43. The summed E-state index contributed by atoms with van der Waals surface area (Å²) in [5, 5.41) is 10.1. The summed E-state index contributed by atoms with van der Waals surface area (Å²) in [7, 11) is 0. The summed E-state index contributed by atoms with van der Waals surface area (Å²) in [6.45, 7) is -0.637. The van der Waals surface area contributed by atoms with Gasteiger partial charge in [-0.15, -0.1) is 5.06 Å². The smallest absolute Gasteiger partial charge is 0.363 e. The van der Waals surface area contributed by atoms with E-state index in [1.165, 1.54) is 12.1 Å².